The molecule has 0 saturated heterocycles. The highest BCUT2D eigenvalue weighted by Crippen LogP contribution is 2.07. The van der Waals surface area contributed by atoms with Gasteiger partial charge in [0.15, 0.2) is 0 Å². The molecule has 1 aromatic heterocycles. The molecule has 0 atom stereocenters. The second-order valence-electron chi connectivity index (χ2n) is 4.16. The highest BCUT2D eigenvalue weighted by Gasteiger charge is 1.98. The number of hydrogen-bond acceptors (Lipinski definition) is 3. The van der Waals surface area contributed by atoms with Crippen LogP contribution in [0.2, 0.25) is 0 Å². The van der Waals surface area contributed by atoms with Crippen LogP contribution >= 0.6 is 11.8 Å². The molecular formula is C12H21NOS. The molecule has 0 unspecified atom stereocenters. The smallest absolute Gasteiger partial charge is 0.117 e. The summed E-state index contributed by atoms with van der Waals surface area (Å²) in [6.45, 7) is 8.38. The van der Waals surface area contributed by atoms with Crippen molar-refractivity contribution in [3.8, 4) is 0 Å². The molecule has 0 aromatic carbocycles. The van der Waals surface area contributed by atoms with Gasteiger partial charge in [-0.2, -0.15) is 11.8 Å². The molecule has 0 spiro atoms. The topological polar surface area (TPSA) is 25.2 Å². The van der Waals surface area contributed by atoms with Crippen molar-refractivity contribution in [1.82, 2.24) is 5.32 Å². The minimum Gasteiger partial charge on any atom is -0.465 e. The Kier molecular flexibility index (Phi) is 5.88. The number of thioether (sulfide) groups is 1. The Morgan fingerprint density at radius 1 is 1.40 bits per heavy atom. The molecule has 1 heterocycles. The van der Waals surface area contributed by atoms with E-state index >= 15 is 0 Å². The zero-order chi connectivity index (χ0) is 11.1. The fraction of sp³-hybridized carbons (Fsp3) is 0.667. The predicted molar refractivity (Wildman–Crippen MR) is 67.3 cm³/mol. The summed E-state index contributed by atoms with van der Waals surface area (Å²) < 4.78 is 5.46. The van der Waals surface area contributed by atoms with E-state index in [4.69, 9.17) is 4.42 Å². The lowest BCUT2D eigenvalue weighted by Gasteiger charge is -2.05. The lowest BCUT2D eigenvalue weighted by molar-refractivity contribution is 0.466. The van der Waals surface area contributed by atoms with Crippen LogP contribution in [0.5, 0.6) is 0 Å². The molecule has 0 saturated carbocycles. The van der Waals surface area contributed by atoms with Gasteiger partial charge in [-0.15, -0.1) is 0 Å². The molecule has 1 N–H and O–H groups in total. The Bertz CT molecular complexity index is 270. The number of rotatable bonds is 7. The van der Waals surface area contributed by atoms with Crippen molar-refractivity contribution >= 4 is 11.8 Å². The molecule has 0 aliphatic rings. The van der Waals surface area contributed by atoms with Crippen molar-refractivity contribution in [3.63, 3.8) is 0 Å². The minimum atomic E-state index is 0.794. The van der Waals surface area contributed by atoms with Crippen molar-refractivity contribution in [1.29, 1.82) is 0 Å². The van der Waals surface area contributed by atoms with Gasteiger partial charge in [0.2, 0.25) is 0 Å². The van der Waals surface area contributed by atoms with Gasteiger partial charge in [0.05, 0.1) is 6.54 Å². The Morgan fingerprint density at radius 3 is 2.80 bits per heavy atom. The van der Waals surface area contributed by atoms with Crippen molar-refractivity contribution in [2.45, 2.75) is 27.3 Å². The zero-order valence-corrected chi connectivity index (χ0v) is 10.7. The molecule has 3 heteroatoms. The molecular weight excluding hydrogens is 206 g/mol. The molecule has 0 radical (unpaired) electrons. The van der Waals surface area contributed by atoms with Gasteiger partial charge in [0.1, 0.15) is 11.5 Å². The summed E-state index contributed by atoms with van der Waals surface area (Å²) in [5, 5.41) is 3.37. The van der Waals surface area contributed by atoms with Crippen molar-refractivity contribution < 1.29 is 4.42 Å². The van der Waals surface area contributed by atoms with Crippen LogP contribution in [0.15, 0.2) is 16.5 Å². The van der Waals surface area contributed by atoms with Crippen molar-refractivity contribution in [2.24, 2.45) is 5.92 Å². The van der Waals surface area contributed by atoms with Crippen LogP contribution in [0.25, 0.3) is 0 Å². The molecule has 0 aliphatic heterocycles. The maximum atomic E-state index is 5.46. The summed E-state index contributed by atoms with van der Waals surface area (Å²) in [5.74, 6) is 5.24. The fourth-order valence-electron chi connectivity index (χ4n) is 1.26. The minimum absolute atomic E-state index is 0.794. The van der Waals surface area contributed by atoms with Gasteiger partial charge in [-0.1, -0.05) is 13.8 Å². The summed E-state index contributed by atoms with van der Waals surface area (Å²) in [6.07, 6.45) is 0. The summed E-state index contributed by atoms with van der Waals surface area (Å²) in [4.78, 5) is 0. The second-order valence-corrected chi connectivity index (χ2v) is 5.31. The van der Waals surface area contributed by atoms with E-state index in [1.165, 1.54) is 11.5 Å². The van der Waals surface area contributed by atoms with Crippen LogP contribution in [0, 0.1) is 12.8 Å². The second kappa shape index (κ2) is 6.96. The number of aryl methyl sites for hydroxylation is 1. The van der Waals surface area contributed by atoms with E-state index in [1.54, 1.807) is 0 Å². The molecule has 1 rings (SSSR count). The van der Waals surface area contributed by atoms with Gasteiger partial charge in [0, 0.05) is 12.3 Å². The van der Waals surface area contributed by atoms with E-state index in [1.807, 2.05) is 30.8 Å². The van der Waals surface area contributed by atoms with Crippen LogP contribution in [0.3, 0.4) is 0 Å². The maximum Gasteiger partial charge on any atom is 0.117 e. The van der Waals surface area contributed by atoms with E-state index in [9.17, 15) is 0 Å². The summed E-state index contributed by atoms with van der Waals surface area (Å²) in [7, 11) is 0. The highest BCUT2D eigenvalue weighted by atomic mass is 32.2. The first-order chi connectivity index (χ1) is 7.18. The lowest BCUT2D eigenvalue weighted by Crippen LogP contribution is -2.16. The zero-order valence-electron chi connectivity index (χ0n) is 9.88. The van der Waals surface area contributed by atoms with Gasteiger partial charge < -0.3 is 9.73 Å². The third-order valence-electron chi connectivity index (χ3n) is 1.97. The van der Waals surface area contributed by atoms with E-state index in [0.717, 1.165) is 30.5 Å². The molecule has 1 aromatic rings. The summed E-state index contributed by atoms with van der Waals surface area (Å²) >= 11 is 2.01. The molecule has 0 aliphatic carbocycles. The number of nitrogens with one attached hydrogen (secondary N) is 1. The van der Waals surface area contributed by atoms with Crippen LogP contribution in [-0.4, -0.2) is 18.1 Å². The maximum absolute atomic E-state index is 5.46. The monoisotopic (exact) mass is 227 g/mol. The fourth-order valence-corrected chi connectivity index (χ4v) is 2.18. The van der Waals surface area contributed by atoms with Gasteiger partial charge in [0.25, 0.3) is 0 Å². The normalized spacial score (nSPS) is 11.2. The van der Waals surface area contributed by atoms with Gasteiger partial charge in [-0.3, -0.25) is 0 Å². The molecule has 0 amide bonds. The Labute approximate surface area is 96.8 Å². The molecule has 0 fully saturated rings. The van der Waals surface area contributed by atoms with E-state index in [-0.39, 0.29) is 0 Å². The molecule has 15 heavy (non-hydrogen) atoms. The van der Waals surface area contributed by atoms with Gasteiger partial charge in [-0.05, 0) is 30.7 Å². The van der Waals surface area contributed by atoms with Gasteiger partial charge >= 0.3 is 0 Å². The quantitative estimate of drug-likeness (QED) is 0.725. The van der Waals surface area contributed by atoms with E-state index < -0.39 is 0 Å². The number of hydrogen-bond donors (Lipinski definition) is 1. The Hall–Kier alpha value is -0.410. The predicted octanol–water partition coefficient (Wildman–Crippen LogP) is 3.07. The molecule has 86 valence electrons. The highest BCUT2D eigenvalue weighted by molar-refractivity contribution is 7.99. The molecule has 2 nitrogen and oxygen atoms in total. The van der Waals surface area contributed by atoms with Gasteiger partial charge in [-0.25, -0.2) is 0 Å². The Balaban J connectivity index is 1.98. The standard InChI is InChI=1S/C12H21NOS/c1-10(2)9-15-7-6-13-8-12-5-4-11(3)14-12/h4-5,10,13H,6-9H2,1-3H3. The van der Waals surface area contributed by atoms with Crippen LogP contribution in [0.1, 0.15) is 25.4 Å². The average Bonchev–Trinajstić information content (AvgIpc) is 2.57. The first kappa shape index (κ1) is 12.7. The molecule has 0 bridgehead atoms. The van der Waals surface area contributed by atoms with Crippen molar-refractivity contribution in [3.05, 3.63) is 23.7 Å². The van der Waals surface area contributed by atoms with Crippen LogP contribution in [0.4, 0.5) is 0 Å². The number of furan rings is 1. The van der Waals surface area contributed by atoms with E-state index in [2.05, 4.69) is 19.2 Å². The van der Waals surface area contributed by atoms with E-state index in [0.29, 0.717) is 0 Å². The first-order valence-electron chi connectivity index (χ1n) is 5.52. The largest absolute Gasteiger partial charge is 0.465 e. The Morgan fingerprint density at radius 2 is 2.20 bits per heavy atom. The average molecular weight is 227 g/mol. The third-order valence-corrected chi connectivity index (χ3v) is 3.36. The lowest BCUT2D eigenvalue weighted by atomic mass is 10.3. The van der Waals surface area contributed by atoms with Crippen LogP contribution in [-0.2, 0) is 6.54 Å². The van der Waals surface area contributed by atoms with Crippen LogP contribution < -0.4 is 5.32 Å². The first-order valence-corrected chi connectivity index (χ1v) is 6.67. The van der Waals surface area contributed by atoms with Crippen molar-refractivity contribution in [2.75, 3.05) is 18.1 Å². The summed E-state index contributed by atoms with van der Waals surface area (Å²) in [6, 6.07) is 4.04. The SMILES string of the molecule is Cc1ccc(CNCCSCC(C)C)o1. The summed E-state index contributed by atoms with van der Waals surface area (Å²) in [5.41, 5.74) is 0. The third kappa shape index (κ3) is 5.90.